The first-order valence-corrected chi connectivity index (χ1v) is 9.99. The summed E-state index contributed by atoms with van der Waals surface area (Å²) in [7, 11) is 0. The van der Waals surface area contributed by atoms with E-state index in [0.717, 1.165) is 24.7 Å². The van der Waals surface area contributed by atoms with Crippen LogP contribution in [-0.4, -0.2) is 6.61 Å². The highest BCUT2D eigenvalue weighted by Gasteiger charge is 2.13. The zero-order chi connectivity index (χ0) is 17.3. The van der Waals surface area contributed by atoms with Gasteiger partial charge in [0.15, 0.2) is 0 Å². The Balaban J connectivity index is 1.52. The molecule has 1 radical (unpaired) electrons. The number of ether oxygens (including phenoxy) is 1. The maximum Gasteiger partial charge on any atom is 0.119 e. The summed E-state index contributed by atoms with van der Waals surface area (Å²) in [6.45, 7) is 2.99. The second-order valence-electron chi connectivity index (χ2n) is 7.27. The molecule has 1 nitrogen and oxygen atoms in total. The Hall–Kier alpha value is -1.76. The lowest BCUT2D eigenvalue weighted by atomic mass is 9.85. The summed E-state index contributed by atoms with van der Waals surface area (Å²) in [5, 5.41) is 0. The van der Waals surface area contributed by atoms with Crippen molar-refractivity contribution in [2.24, 2.45) is 5.92 Å². The molecule has 0 aromatic heterocycles. The average Bonchev–Trinajstić information content (AvgIpc) is 2.68. The van der Waals surface area contributed by atoms with Crippen LogP contribution >= 0.6 is 0 Å². The zero-order valence-electron chi connectivity index (χ0n) is 15.5. The fourth-order valence-electron chi connectivity index (χ4n) is 3.60. The topological polar surface area (TPSA) is 9.23 Å². The van der Waals surface area contributed by atoms with Crippen LogP contribution in [0.3, 0.4) is 0 Å². The lowest BCUT2D eigenvalue weighted by Crippen LogP contribution is -2.07. The molecule has 0 aliphatic heterocycles. The molecule has 1 aliphatic carbocycles. The van der Waals surface area contributed by atoms with Crippen LogP contribution in [0.4, 0.5) is 0 Å². The SMILES string of the molecule is CCCCOc1ccc(-c2ccc(CCC3CC[CH]CC3)cc2)cc1. The van der Waals surface area contributed by atoms with Crippen molar-refractivity contribution < 1.29 is 4.74 Å². The second kappa shape index (κ2) is 9.65. The van der Waals surface area contributed by atoms with Crippen LogP contribution in [0, 0.1) is 12.3 Å². The van der Waals surface area contributed by atoms with Crippen molar-refractivity contribution in [3.63, 3.8) is 0 Å². The highest BCUT2D eigenvalue weighted by molar-refractivity contribution is 5.64. The Morgan fingerprint density at radius 1 is 0.880 bits per heavy atom. The van der Waals surface area contributed by atoms with Crippen LogP contribution in [0.5, 0.6) is 5.75 Å². The zero-order valence-corrected chi connectivity index (χ0v) is 15.5. The number of hydrogen-bond acceptors (Lipinski definition) is 1. The Morgan fingerprint density at radius 3 is 2.16 bits per heavy atom. The molecule has 2 aromatic rings. The van der Waals surface area contributed by atoms with E-state index in [-0.39, 0.29) is 0 Å². The van der Waals surface area contributed by atoms with Gasteiger partial charge in [0.25, 0.3) is 0 Å². The lowest BCUT2D eigenvalue weighted by molar-refractivity contribution is 0.309. The van der Waals surface area contributed by atoms with Gasteiger partial charge in [-0.15, -0.1) is 0 Å². The molecule has 2 aromatic carbocycles. The minimum atomic E-state index is 0.809. The molecular weight excluding hydrogens is 304 g/mol. The summed E-state index contributed by atoms with van der Waals surface area (Å²) in [6, 6.07) is 17.6. The largest absolute Gasteiger partial charge is 0.494 e. The smallest absolute Gasteiger partial charge is 0.119 e. The Kier molecular flexibility index (Phi) is 6.97. The summed E-state index contributed by atoms with van der Waals surface area (Å²) in [6.07, 6.45) is 12.7. The normalized spacial score (nSPS) is 15.2. The third kappa shape index (κ3) is 5.63. The third-order valence-corrected chi connectivity index (χ3v) is 5.31. The first-order chi connectivity index (χ1) is 12.3. The molecule has 1 aliphatic rings. The highest BCUT2D eigenvalue weighted by Crippen LogP contribution is 2.28. The molecule has 0 amide bonds. The predicted octanol–water partition coefficient (Wildman–Crippen LogP) is 6.86. The molecule has 0 saturated heterocycles. The molecule has 1 heteroatoms. The fraction of sp³-hybridized carbons (Fsp3) is 0.458. The van der Waals surface area contributed by atoms with E-state index in [1.54, 1.807) is 0 Å². The van der Waals surface area contributed by atoms with E-state index in [2.05, 4.69) is 61.9 Å². The van der Waals surface area contributed by atoms with Gasteiger partial charge in [0.05, 0.1) is 6.61 Å². The van der Waals surface area contributed by atoms with E-state index < -0.39 is 0 Å². The quantitative estimate of drug-likeness (QED) is 0.479. The lowest BCUT2D eigenvalue weighted by Gasteiger charge is -2.21. The maximum atomic E-state index is 5.74. The number of rotatable bonds is 8. The van der Waals surface area contributed by atoms with Gasteiger partial charge >= 0.3 is 0 Å². The van der Waals surface area contributed by atoms with Gasteiger partial charge in [0, 0.05) is 0 Å². The molecule has 1 saturated carbocycles. The number of hydrogen-bond donors (Lipinski definition) is 0. The van der Waals surface area contributed by atoms with Gasteiger partial charge in [-0.2, -0.15) is 0 Å². The van der Waals surface area contributed by atoms with E-state index in [4.69, 9.17) is 4.74 Å². The van der Waals surface area contributed by atoms with Crippen LogP contribution in [0.2, 0.25) is 0 Å². The number of unbranched alkanes of at least 4 members (excludes halogenated alkanes) is 1. The third-order valence-electron chi connectivity index (χ3n) is 5.31. The number of aryl methyl sites for hydroxylation is 1. The average molecular weight is 336 g/mol. The van der Waals surface area contributed by atoms with Gasteiger partial charge < -0.3 is 4.74 Å². The molecule has 0 spiro atoms. The molecule has 1 fully saturated rings. The molecule has 0 bridgehead atoms. The van der Waals surface area contributed by atoms with Gasteiger partial charge in [0.2, 0.25) is 0 Å². The van der Waals surface area contributed by atoms with Crippen molar-refractivity contribution in [3.8, 4) is 16.9 Å². The monoisotopic (exact) mass is 335 g/mol. The molecule has 133 valence electrons. The first kappa shape index (κ1) is 18.0. The van der Waals surface area contributed by atoms with E-state index >= 15 is 0 Å². The predicted molar refractivity (Wildman–Crippen MR) is 107 cm³/mol. The van der Waals surface area contributed by atoms with Gasteiger partial charge in [-0.05, 0) is 73.3 Å². The Bertz CT molecular complexity index is 606. The van der Waals surface area contributed by atoms with Crippen LogP contribution in [-0.2, 0) is 6.42 Å². The minimum absolute atomic E-state index is 0.809. The van der Waals surface area contributed by atoms with Crippen molar-refractivity contribution >= 4 is 0 Å². The second-order valence-corrected chi connectivity index (χ2v) is 7.27. The van der Waals surface area contributed by atoms with E-state index in [1.807, 2.05) is 0 Å². The summed E-state index contributed by atoms with van der Waals surface area (Å²) in [5.41, 5.74) is 4.02. The van der Waals surface area contributed by atoms with Crippen molar-refractivity contribution in [2.75, 3.05) is 6.61 Å². The summed E-state index contributed by atoms with van der Waals surface area (Å²) in [4.78, 5) is 0. The molecular formula is C24H31O. The molecule has 0 N–H and O–H groups in total. The van der Waals surface area contributed by atoms with Crippen LogP contribution in [0.1, 0.15) is 57.4 Å². The van der Waals surface area contributed by atoms with E-state index in [0.29, 0.717) is 0 Å². The standard InChI is InChI=1S/C24H31O/c1-2-3-19-25-24-17-15-23(16-18-24)22-13-11-21(12-14-22)10-9-20-7-5-4-6-8-20/h4,11-18,20H,2-3,5-10,19H2,1H3. The Labute approximate surface area is 153 Å². The van der Waals surface area contributed by atoms with Crippen LogP contribution < -0.4 is 4.74 Å². The van der Waals surface area contributed by atoms with Crippen molar-refractivity contribution in [1.82, 2.24) is 0 Å². The maximum absolute atomic E-state index is 5.74. The molecule has 0 unspecified atom stereocenters. The molecule has 3 rings (SSSR count). The summed E-state index contributed by atoms with van der Waals surface area (Å²) < 4.78 is 5.74. The summed E-state index contributed by atoms with van der Waals surface area (Å²) >= 11 is 0. The van der Waals surface area contributed by atoms with E-state index in [9.17, 15) is 0 Å². The highest BCUT2D eigenvalue weighted by atomic mass is 16.5. The fourth-order valence-corrected chi connectivity index (χ4v) is 3.60. The van der Waals surface area contributed by atoms with Crippen LogP contribution in [0.15, 0.2) is 48.5 Å². The van der Waals surface area contributed by atoms with Gasteiger partial charge in [-0.1, -0.05) is 62.6 Å². The van der Waals surface area contributed by atoms with E-state index in [1.165, 1.54) is 61.6 Å². The minimum Gasteiger partial charge on any atom is -0.494 e. The van der Waals surface area contributed by atoms with Gasteiger partial charge in [-0.3, -0.25) is 0 Å². The summed E-state index contributed by atoms with van der Waals surface area (Å²) in [5.74, 6) is 1.91. The van der Waals surface area contributed by atoms with Gasteiger partial charge in [0.1, 0.15) is 5.75 Å². The molecule has 0 heterocycles. The van der Waals surface area contributed by atoms with Crippen molar-refractivity contribution in [3.05, 3.63) is 60.5 Å². The first-order valence-electron chi connectivity index (χ1n) is 9.99. The molecule has 0 atom stereocenters. The van der Waals surface area contributed by atoms with Crippen molar-refractivity contribution in [2.45, 2.75) is 58.3 Å². The molecule has 25 heavy (non-hydrogen) atoms. The van der Waals surface area contributed by atoms with Crippen LogP contribution in [0.25, 0.3) is 11.1 Å². The Morgan fingerprint density at radius 2 is 1.52 bits per heavy atom. The van der Waals surface area contributed by atoms with Crippen molar-refractivity contribution in [1.29, 1.82) is 0 Å². The van der Waals surface area contributed by atoms with Gasteiger partial charge in [-0.25, -0.2) is 0 Å². The number of benzene rings is 2.